The van der Waals surface area contributed by atoms with Gasteiger partial charge in [-0.2, -0.15) is 0 Å². The highest BCUT2D eigenvalue weighted by Gasteiger charge is 2.39. The second-order valence-corrected chi connectivity index (χ2v) is 31.7. The molecule has 0 saturated carbocycles. The Kier molecular flexibility index (Phi) is 49.7. The number of aliphatic hydroxyl groups is 2. The largest absolute Gasteiger partial charge is 0.480 e. The number of unbranched alkanes of at least 4 members (excludes halogenated alkanes) is 3. The molecule has 0 aromatic heterocycles. The maximum Gasteiger partial charge on any atom is 0.328 e. The topological polar surface area (TPSA) is 632 Å². The number of nitrogens with one attached hydrogen (secondary N) is 14. The van der Waals surface area contributed by atoms with Crippen LogP contribution in [0.3, 0.4) is 0 Å². The third-order valence-electron chi connectivity index (χ3n) is 18.9. The van der Waals surface area contributed by atoms with E-state index in [1.807, 2.05) is 13.8 Å². The summed E-state index contributed by atoms with van der Waals surface area (Å²) >= 11 is 0. The van der Waals surface area contributed by atoms with Gasteiger partial charge in [0.25, 0.3) is 0 Å². The van der Waals surface area contributed by atoms with Crippen molar-refractivity contribution in [2.24, 2.45) is 64.2 Å². The summed E-state index contributed by atoms with van der Waals surface area (Å²) in [4.78, 5) is 220. The number of amides is 15. The SMILES string of the molecule is CC[C@H](C)[C@H](NC(=O)CNC(=O)[C@H](CCCCN)NC(=O)[C@H](CC(C)C)NC(=O)[C@H](CC(N)=O)NC(=O)[C@@H](N)CC(C)C)C(=O)N[C@@H](Cc1ccccc1)C(=O)N[C@@H](CCCCN)C(=O)N[C@@H](CCCCN)C(=O)N[C@H](C(=O)N[C@@H](C)C(=O)N[C@@H](CO)C(=O)N[C@@H](CC(C)C)C(=O)N[C@@H](CC(C)C)C(=O)N[C@H](C(=O)O)[C@@H](C)O)C(C)C. The van der Waals surface area contributed by atoms with Crippen molar-refractivity contribution in [2.75, 3.05) is 32.8 Å². The number of benzene rings is 1. The van der Waals surface area contributed by atoms with Crippen LogP contribution in [-0.4, -0.2) is 233 Å². The van der Waals surface area contributed by atoms with Crippen molar-refractivity contribution in [1.29, 1.82) is 0 Å². The van der Waals surface area contributed by atoms with Gasteiger partial charge in [-0.1, -0.05) is 120 Å². The minimum absolute atomic E-state index is 0.00458. The van der Waals surface area contributed by atoms with Crippen molar-refractivity contribution in [1.82, 2.24) is 74.4 Å². The van der Waals surface area contributed by atoms with Gasteiger partial charge in [0.05, 0.1) is 31.7 Å². The average Bonchev–Trinajstić information content (AvgIpc) is 0.845. The number of aliphatic hydroxyl groups excluding tert-OH is 2. The van der Waals surface area contributed by atoms with Gasteiger partial charge < -0.3 is 118 Å². The van der Waals surface area contributed by atoms with E-state index in [0.29, 0.717) is 37.7 Å². The van der Waals surface area contributed by atoms with Crippen molar-refractivity contribution in [3.8, 4) is 0 Å². The first-order valence-corrected chi connectivity index (χ1v) is 40.4. The van der Waals surface area contributed by atoms with Crippen LogP contribution in [0.25, 0.3) is 0 Å². The number of aliphatic carboxylic acids is 1. The van der Waals surface area contributed by atoms with E-state index in [2.05, 4.69) is 74.4 Å². The van der Waals surface area contributed by atoms with Crippen molar-refractivity contribution in [2.45, 2.75) is 290 Å². The third-order valence-corrected chi connectivity index (χ3v) is 18.9. The van der Waals surface area contributed by atoms with Crippen LogP contribution in [0.2, 0.25) is 0 Å². The van der Waals surface area contributed by atoms with Crippen LogP contribution in [0.1, 0.15) is 199 Å². The average molecular weight is 1650 g/mol. The number of hydrogen-bond acceptors (Lipinski definition) is 22. The van der Waals surface area contributed by atoms with Gasteiger partial charge in [-0.3, -0.25) is 71.9 Å². The molecule has 1 aromatic rings. The van der Waals surface area contributed by atoms with E-state index in [1.54, 1.807) is 99.6 Å². The zero-order valence-corrected chi connectivity index (χ0v) is 70.1. The van der Waals surface area contributed by atoms with Gasteiger partial charge in [0.2, 0.25) is 88.6 Å². The van der Waals surface area contributed by atoms with Crippen LogP contribution in [-0.2, 0) is 83.1 Å². The standard InChI is InChI=1S/C78H137N19O19/c1-15-46(12)63(95-61(101)39-84-67(104)51(27-19-22-30-79)86-70(107)54(34-42(4)5)90-73(110)58(38-60(83)100)89-66(103)50(82)33-41(2)3)77(114)93-57(37-49-25-17-16-18-26-49)72(109)88-52(28-20-23-31-80)68(105)87-53(29-21-24-32-81)69(106)96-62(45(10)11)76(113)85-47(13)65(102)94-59(40-98)75(112)92-55(35-43(6)7)71(108)91-56(36-44(8)9)74(111)97-64(48(14)99)78(115)116/h16-18,25-26,41-48,50-59,62-64,98-99H,15,19-24,27-40,79-82H2,1-14H3,(H2,83,100)(H,84,104)(H,85,113)(H,86,107)(H,87,105)(H,88,109)(H,89,103)(H,90,110)(H,91,108)(H,92,112)(H,93,114)(H,94,102)(H,95,101)(H,96,106)(H,97,111)(H,115,116)/t46-,47-,48+,50-,51-,52-,53-,54-,55-,56-,57-,58-,59-,62-,63-,64-/m0/s1. The van der Waals surface area contributed by atoms with E-state index in [0.717, 1.165) is 6.92 Å². The monoisotopic (exact) mass is 1640 g/mol. The summed E-state index contributed by atoms with van der Waals surface area (Å²) in [5.74, 6) is -16.5. The van der Waals surface area contributed by atoms with Crippen LogP contribution in [0, 0.1) is 35.5 Å². The molecule has 1 rings (SSSR count). The Hall–Kier alpha value is -9.50. The second kappa shape index (κ2) is 55.2. The van der Waals surface area contributed by atoms with Crippen LogP contribution < -0.4 is 103 Å². The highest BCUT2D eigenvalue weighted by Crippen LogP contribution is 2.17. The van der Waals surface area contributed by atoms with Crippen molar-refractivity contribution >= 4 is 94.6 Å². The lowest BCUT2D eigenvalue weighted by molar-refractivity contribution is -0.145. The molecule has 16 atom stereocenters. The second-order valence-electron chi connectivity index (χ2n) is 31.7. The fourth-order valence-corrected chi connectivity index (χ4v) is 12.2. The predicted octanol–water partition coefficient (Wildman–Crippen LogP) is -3.40. The summed E-state index contributed by atoms with van der Waals surface area (Å²) in [5, 5.41) is 65.9. The third kappa shape index (κ3) is 40.4. The highest BCUT2D eigenvalue weighted by atomic mass is 16.4. The molecule has 1 aromatic carbocycles. The molecule has 15 amide bonds. The molecule has 0 aliphatic rings. The van der Waals surface area contributed by atoms with Crippen molar-refractivity contribution in [3.05, 3.63) is 35.9 Å². The number of rotatable bonds is 58. The molecule has 38 nitrogen and oxygen atoms in total. The summed E-state index contributed by atoms with van der Waals surface area (Å²) in [6, 6.07) is -11.0. The maximum absolute atomic E-state index is 14.8. The number of carboxylic acid groups (broad SMARTS) is 1. The minimum Gasteiger partial charge on any atom is -0.480 e. The lowest BCUT2D eigenvalue weighted by Crippen LogP contribution is -2.61. The molecular formula is C78H137N19O19. The molecule has 0 spiro atoms. The van der Waals surface area contributed by atoms with Gasteiger partial charge in [-0.15, -0.1) is 0 Å². The molecule has 658 valence electrons. The fourth-order valence-electron chi connectivity index (χ4n) is 12.2. The van der Waals surface area contributed by atoms with Gasteiger partial charge >= 0.3 is 5.97 Å². The number of carboxylic acids is 1. The summed E-state index contributed by atoms with van der Waals surface area (Å²) in [7, 11) is 0. The number of carbonyl (C=O) groups is 16. The quantitative estimate of drug-likeness (QED) is 0.0283. The molecule has 0 saturated heterocycles. The van der Waals surface area contributed by atoms with E-state index < -0.39 is 217 Å². The van der Waals surface area contributed by atoms with E-state index in [1.165, 1.54) is 6.92 Å². The molecule has 0 bridgehead atoms. The smallest absolute Gasteiger partial charge is 0.328 e. The first-order valence-electron chi connectivity index (χ1n) is 40.4. The number of primary amides is 1. The molecule has 38 heteroatoms. The van der Waals surface area contributed by atoms with Crippen LogP contribution >= 0.6 is 0 Å². The van der Waals surface area contributed by atoms with E-state index >= 15 is 0 Å². The van der Waals surface area contributed by atoms with Gasteiger partial charge in [0, 0.05) is 6.42 Å². The summed E-state index contributed by atoms with van der Waals surface area (Å²) in [6.45, 7) is 22.2. The maximum atomic E-state index is 14.8. The molecule has 0 fully saturated rings. The number of hydrogen-bond donors (Lipinski definition) is 22. The first-order chi connectivity index (χ1) is 54.4. The molecule has 27 N–H and O–H groups in total. The lowest BCUT2D eigenvalue weighted by atomic mass is 9.97. The highest BCUT2D eigenvalue weighted by molar-refractivity contribution is 6.01. The van der Waals surface area contributed by atoms with Crippen LogP contribution in [0.4, 0.5) is 0 Å². The molecule has 0 radical (unpaired) electrons. The van der Waals surface area contributed by atoms with E-state index in [-0.39, 0.29) is 108 Å². The number of carbonyl (C=O) groups excluding carboxylic acids is 15. The Bertz CT molecular complexity index is 3330. The Morgan fingerprint density at radius 1 is 0.388 bits per heavy atom. The molecule has 116 heavy (non-hydrogen) atoms. The molecular weight excluding hydrogens is 1510 g/mol. The zero-order valence-electron chi connectivity index (χ0n) is 70.1. The van der Waals surface area contributed by atoms with Gasteiger partial charge in [0.1, 0.15) is 72.5 Å². The lowest BCUT2D eigenvalue weighted by Gasteiger charge is -2.29. The Morgan fingerprint density at radius 3 is 1.16 bits per heavy atom. The van der Waals surface area contributed by atoms with Crippen LogP contribution in [0.15, 0.2) is 30.3 Å². The van der Waals surface area contributed by atoms with Crippen molar-refractivity contribution < 1.29 is 92.0 Å². The van der Waals surface area contributed by atoms with Crippen molar-refractivity contribution in [3.63, 3.8) is 0 Å². The molecule has 0 aliphatic heterocycles. The van der Waals surface area contributed by atoms with Gasteiger partial charge in [-0.05, 0) is 158 Å². The normalized spacial score (nSPS) is 15.6. The Labute approximate surface area is 681 Å². The molecule has 0 heterocycles. The van der Waals surface area contributed by atoms with Gasteiger partial charge in [0.15, 0.2) is 6.04 Å². The fraction of sp³-hybridized carbons (Fsp3) is 0.718. The number of nitrogens with two attached hydrogens (primary N) is 5. The zero-order chi connectivity index (χ0) is 88.2. The summed E-state index contributed by atoms with van der Waals surface area (Å²) < 4.78 is 0. The molecule has 0 aliphatic carbocycles. The van der Waals surface area contributed by atoms with E-state index in [9.17, 15) is 92.0 Å². The first kappa shape index (κ1) is 105. The van der Waals surface area contributed by atoms with E-state index in [4.69, 9.17) is 28.7 Å². The van der Waals surface area contributed by atoms with Gasteiger partial charge in [-0.25, -0.2) is 4.79 Å². The Morgan fingerprint density at radius 2 is 0.750 bits per heavy atom. The Balaban J connectivity index is 3.56. The summed E-state index contributed by atoms with van der Waals surface area (Å²) in [6.07, 6.45) is 0.500. The minimum atomic E-state index is -1.70. The summed E-state index contributed by atoms with van der Waals surface area (Å²) in [5.41, 5.74) is 29.6. The van der Waals surface area contributed by atoms with Crippen LogP contribution in [0.5, 0.6) is 0 Å². The predicted molar refractivity (Wildman–Crippen MR) is 433 cm³/mol. The molecule has 0 unspecified atom stereocenters.